The highest BCUT2D eigenvalue weighted by Gasteiger charge is 2.37. The number of hydrogen-bond acceptors (Lipinski definition) is 12. The number of para-hydroxylation sites is 2. The maximum atomic E-state index is 14.0. The van der Waals surface area contributed by atoms with Crippen molar-refractivity contribution in [3.63, 3.8) is 0 Å². The highest BCUT2D eigenvalue weighted by atomic mass is 35.5. The van der Waals surface area contributed by atoms with Crippen LogP contribution in [-0.4, -0.2) is 117 Å². The number of esters is 1. The number of carboxylic acids is 1. The number of methoxy groups -OCH3 is 2. The number of halogens is 4. The van der Waals surface area contributed by atoms with E-state index in [0.29, 0.717) is 57.1 Å². The second kappa shape index (κ2) is 24.0. The number of rotatable bonds is 17. The summed E-state index contributed by atoms with van der Waals surface area (Å²) in [5.74, 6) is -3.99. The number of nitrogens with zero attached hydrogens (tertiary/aromatic N) is 2. The van der Waals surface area contributed by atoms with Gasteiger partial charge in [0.2, 0.25) is 11.8 Å². The summed E-state index contributed by atoms with van der Waals surface area (Å²) in [5.41, 5.74) is 3.11. The number of benzene rings is 4. The molecule has 0 radical (unpaired) electrons. The number of ketones is 2. The van der Waals surface area contributed by atoms with Gasteiger partial charge in [0.25, 0.3) is 0 Å². The van der Waals surface area contributed by atoms with Crippen LogP contribution in [0.15, 0.2) is 77.7 Å². The number of piperidine rings is 2. The Labute approximate surface area is 425 Å². The molecular formula is C50H50Cl4N4O10S. The first-order chi connectivity index (χ1) is 33.0. The van der Waals surface area contributed by atoms with E-state index in [2.05, 4.69) is 23.3 Å². The zero-order valence-corrected chi connectivity index (χ0v) is 41.9. The van der Waals surface area contributed by atoms with Crippen LogP contribution < -0.4 is 24.8 Å². The molecule has 364 valence electrons. The van der Waals surface area contributed by atoms with Crippen molar-refractivity contribution >= 4 is 107 Å². The molecule has 2 aliphatic rings. The first-order valence-corrected chi connectivity index (χ1v) is 23.8. The molecule has 0 aromatic heterocycles. The van der Waals surface area contributed by atoms with E-state index in [9.17, 15) is 33.9 Å². The smallest absolute Gasteiger partial charge is 0.336 e. The number of likely N-dealkylation sites (N-methyl/N-ethyl adjacent to an activating group) is 2. The summed E-state index contributed by atoms with van der Waals surface area (Å²) in [5, 5.41) is 14.9. The van der Waals surface area contributed by atoms with Gasteiger partial charge in [0.1, 0.15) is 16.5 Å². The number of carbonyl (C=O) groups is 6. The van der Waals surface area contributed by atoms with Crippen molar-refractivity contribution < 1.29 is 48.1 Å². The first-order valence-electron chi connectivity index (χ1n) is 21.8. The van der Waals surface area contributed by atoms with Gasteiger partial charge in [-0.2, -0.15) is 0 Å². The molecule has 3 N–H and O–H groups in total. The molecule has 2 amide bonds. The van der Waals surface area contributed by atoms with Gasteiger partial charge in [-0.1, -0.05) is 82.8 Å². The lowest BCUT2D eigenvalue weighted by atomic mass is 9.88. The summed E-state index contributed by atoms with van der Waals surface area (Å²) in [6.45, 7) is 0.919. The minimum atomic E-state index is -1.40. The summed E-state index contributed by atoms with van der Waals surface area (Å²) in [4.78, 5) is 82.8. The summed E-state index contributed by atoms with van der Waals surface area (Å²) in [6.07, 6.45) is 6.94. The number of hydrogen-bond donors (Lipinski definition) is 4. The molecule has 2 aliphatic heterocycles. The lowest BCUT2D eigenvalue weighted by Crippen LogP contribution is -2.49. The van der Waals surface area contributed by atoms with Gasteiger partial charge in [-0.05, 0) is 87.3 Å². The monoisotopic (exact) mass is 1040 g/mol. The largest absolute Gasteiger partial charge is 0.496 e. The maximum absolute atomic E-state index is 14.0. The average Bonchev–Trinajstić information content (AvgIpc) is 3.36. The van der Waals surface area contributed by atoms with E-state index in [1.165, 1.54) is 45.5 Å². The Bertz CT molecular complexity index is 2700. The third-order valence-electron chi connectivity index (χ3n) is 12.3. The highest BCUT2D eigenvalue weighted by molar-refractivity contribution is 7.80. The summed E-state index contributed by atoms with van der Waals surface area (Å²) in [7, 11) is 5.90. The minimum absolute atomic E-state index is 0.0541. The summed E-state index contributed by atoms with van der Waals surface area (Å²) >= 11 is 31.4. The van der Waals surface area contributed by atoms with Crippen LogP contribution in [-0.2, 0) is 28.8 Å². The second-order valence-electron chi connectivity index (χ2n) is 16.2. The van der Waals surface area contributed by atoms with Crippen LogP contribution in [0.1, 0.15) is 36.8 Å². The predicted molar refractivity (Wildman–Crippen MR) is 270 cm³/mol. The fraction of sp³-hybridized carbons (Fsp3) is 0.320. The van der Waals surface area contributed by atoms with Crippen LogP contribution in [0.2, 0.25) is 20.1 Å². The van der Waals surface area contributed by atoms with Crippen LogP contribution in [0.5, 0.6) is 17.2 Å². The van der Waals surface area contributed by atoms with E-state index in [-0.39, 0.29) is 76.7 Å². The van der Waals surface area contributed by atoms with Crippen molar-refractivity contribution in [2.24, 2.45) is 11.8 Å². The standard InChI is InChI=1S/C50H50Cl4N4O10S/c1-55-45(49(63)64)47(61)27-17-21-57(22-18-27)39(59)15-13-31-33(29-9-5-7-11-35(29)66-3)25-37(43(53)41(31)51)68-50(65)46(56-2)48(62)28-19-23-58(24-20-28)40(60)16-14-32-34(26-38(69)44(54)42(32)52)30-10-6-8-12-36(30)67-4/h5-16,25-28,45-46,55-56,69H,17-24H2,1-4H3,(H,63,64). The molecule has 0 aliphatic carbocycles. The molecular weight excluding hydrogens is 990 g/mol. The summed E-state index contributed by atoms with van der Waals surface area (Å²) < 4.78 is 17.0. The fourth-order valence-corrected chi connectivity index (χ4v) is 9.70. The number of thiol groups is 1. The molecule has 69 heavy (non-hydrogen) atoms. The van der Waals surface area contributed by atoms with Crippen LogP contribution >= 0.6 is 59.0 Å². The Morgan fingerprint density at radius 1 is 0.623 bits per heavy atom. The molecule has 2 atom stereocenters. The van der Waals surface area contributed by atoms with Crippen molar-refractivity contribution in [3.8, 4) is 39.5 Å². The average molecular weight is 1040 g/mol. The third-order valence-corrected chi connectivity index (χ3v) is 14.5. The lowest BCUT2D eigenvalue weighted by Gasteiger charge is -2.32. The van der Waals surface area contributed by atoms with Crippen molar-refractivity contribution in [3.05, 3.63) is 104 Å². The molecule has 0 saturated carbocycles. The van der Waals surface area contributed by atoms with Gasteiger partial charge < -0.3 is 39.8 Å². The highest BCUT2D eigenvalue weighted by Crippen LogP contribution is 2.45. The Hall–Kier alpha value is -5.39. The van der Waals surface area contributed by atoms with E-state index in [1.54, 1.807) is 59.4 Å². The number of amides is 2. The molecule has 6 rings (SSSR count). The predicted octanol–water partition coefficient (Wildman–Crippen LogP) is 8.45. The molecule has 19 heteroatoms. The number of carboxylic acid groups (broad SMARTS) is 1. The Balaban J connectivity index is 1.15. The van der Waals surface area contributed by atoms with Gasteiger partial charge in [0.05, 0.1) is 29.3 Å². The van der Waals surface area contributed by atoms with Gasteiger partial charge in [-0.15, -0.1) is 12.6 Å². The normalized spacial score (nSPS) is 15.6. The summed E-state index contributed by atoms with van der Waals surface area (Å²) in [6, 6.07) is 14.8. The van der Waals surface area contributed by atoms with Crippen molar-refractivity contribution in [1.82, 2.24) is 20.4 Å². The van der Waals surface area contributed by atoms with Crippen molar-refractivity contribution in [1.29, 1.82) is 0 Å². The SMILES string of the molecule is CNC(C(=O)O)C(=O)C1CCN(C(=O)C=Cc2c(-c3ccccc3OC)cc(OC(=O)C(NC)C(=O)C3CCN(C(=O)C=Cc4c(-c5ccccc5OC)cc(S)c(Cl)c4Cl)CC3)c(Cl)c2Cl)CC1. The van der Waals surface area contributed by atoms with Gasteiger partial charge in [0.15, 0.2) is 29.4 Å². The molecule has 4 aromatic rings. The molecule has 2 saturated heterocycles. The second-order valence-corrected chi connectivity index (χ2v) is 18.2. The van der Waals surface area contributed by atoms with E-state index in [4.69, 9.17) is 60.6 Å². The van der Waals surface area contributed by atoms with E-state index < -0.39 is 47.4 Å². The zero-order chi connectivity index (χ0) is 50.1. The van der Waals surface area contributed by atoms with Gasteiger partial charge in [-0.25, -0.2) is 4.79 Å². The number of nitrogens with one attached hydrogen (secondary N) is 2. The lowest BCUT2D eigenvalue weighted by molar-refractivity contribution is -0.146. The van der Waals surface area contributed by atoms with E-state index >= 15 is 0 Å². The Kier molecular flexibility index (Phi) is 18.4. The first kappa shape index (κ1) is 53.0. The van der Waals surface area contributed by atoms with Crippen molar-refractivity contribution in [2.75, 3.05) is 54.5 Å². The van der Waals surface area contributed by atoms with Crippen molar-refractivity contribution in [2.45, 2.75) is 42.7 Å². The quantitative estimate of drug-likeness (QED) is 0.0261. The van der Waals surface area contributed by atoms with Gasteiger partial charge >= 0.3 is 11.9 Å². The van der Waals surface area contributed by atoms with E-state index in [1.807, 2.05) is 18.2 Å². The Morgan fingerprint density at radius 2 is 1.04 bits per heavy atom. The Morgan fingerprint density at radius 3 is 1.48 bits per heavy atom. The van der Waals surface area contributed by atoms with Crippen LogP contribution in [0, 0.1) is 11.8 Å². The van der Waals surface area contributed by atoms with Crippen LogP contribution in [0.25, 0.3) is 34.4 Å². The molecule has 14 nitrogen and oxygen atoms in total. The third kappa shape index (κ3) is 12.0. The van der Waals surface area contributed by atoms with Crippen LogP contribution in [0.4, 0.5) is 0 Å². The molecule has 4 aromatic carbocycles. The number of aliphatic carboxylic acids is 1. The molecule has 2 fully saturated rings. The van der Waals surface area contributed by atoms with E-state index in [0.717, 1.165) is 5.56 Å². The molecule has 0 spiro atoms. The number of ether oxygens (including phenoxy) is 3. The molecule has 2 unspecified atom stereocenters. The minimum Gasteiger partial charge on any atom is -0.496 e. The number of likely N-dealkylation sites (tertiary alicyclic amines) is 2. The number of carbonyl (C=O) groups excluding carboxylic acids is 5. The number of Topliss-reactive ketones (excluding diaryl/α,β-unsaturated/α-hetero) is 2. The topological polar surface area (TPSA) is 181 Å². The molecule has 2 heterocycles. The fourth-order valence-electron chi connectivity index (χ4n) is 8.51. The van der Waals surface area contributed by atoms with Crippen LogP contribution in [0.3, 0.4) is 0 Å². The van der Waals surface area contributed by atoms with Gasteiger partial charge in [0, 0.05) is 77.3 Å². The molecule has 0 bridgehead atoms. The maximum Gasteiger partial charge on any atom is 0.336 e. The zero-order valence-electron chi connectivity index (χ0n) is 38.0. The van der Waals surface area contributed by atoms with Gasteiger partial charge in [-0.3, -0.25) is 24.0 Å².